The molecule has 2 N–H and O–H groups in total. The van der Waals surface area contributed by atoms with Gasteiger partial charge in [-0.05, 0) is 19.1 Å². The molecule has 0 bridgehead atoms. The second kappa shape index (κ2) is 6.69. The molecule has 0 saturated carbocycles. The number of nitrogens with two attached hydrogens (primary N) is 1. The fourth-order valence-electron chi connectivity index (χ4n) is 1.62. The zero-order valence-electron chi connectivity index (χ0n) is 11.0. The highest BCUT2D eigenvalue weighted by molar-refractivity contribution is 5.95. The Morgan fingerprint density at radius 1 is 1.53 bits per heavy atom. The van der Waals surface area contributed by atoms with Crippen molar-refractivity contribution in [2.24, 2.45) is 0 Å². The molecule has 19 heavy (non-hydrogen) atoms. The van der Waals surface area contributed by atoms with Gasteiger partial charge in [0.25, 0.3) is 11.6 Å². The van der Waals surface area contributed by atoms with Crippen LogP contribution in [0.3, 0.4) is 0 Å². The summed E-state index contributed by atoms with van der Waals surface area (Å²) in [6, 6.07) is 4.06. The fourth-order valence-corrected chi connectivity index (χ4v) is 1.62. The molecule has 0 aliphatic rings. The predicted octanol–water partition coefficient (Wildman–Crippen LogP) is 1.29. The molecule has 1 rings (SSSR count). The minimum atomic E-state index is -0.600. The molecular formula is C12H17N3O4. The second-order valence-electron chi connectivity index (χ2n) is 3.91. The molecule has 7 heteroatoms. The van der Waals surface area contributed by atoms with Crippen molar-refractivity contribution in [2.45, 2.75) is 6.92 Å². The van der Waals surface area contributed by atoms with Gasteiger partial charge in [0.05, 0.1) is 11.5 Å². The van der Waals surface area contributed by atoms with Crippen LogP contribution in [0.4, 0.5) is 11.4 Å². The van der Waals surface area contributed by atoms with Crippen molar-refractivity contribution >= 4 is 17.3 Å². The van der Waals surface area contributed by atoms with Crippen LogP contribution in [0.25, 0.3) is 0 Å². The zero-order valence-corrected chi connectivity index (χ0v) is 11.0. The summed E-state index contributed by atoms with van der Waals surface area (Å²) in [6.07, 6.45) is 0. The van der Waals surface area contributed by atoms with Crippen LogP contribution in [0.1, 0.15) is 17.3 Å². The van der Waals surface area contributed by atoms with Crippen LogP contribution >= 0.6 is 0 Å². The van der Waals surface area contributed by atoms with Gasteiger partial charge >= 0.3 is 0 Å². The number of nitrogen functional groups attached to an aromatic ring is 1. The molecule has 7 nitrogen and oxygen atoms in total. The molecule has 0 aromatic heterocycles. The lowest BCUT2D eigenvalue weighted by molar-refractivity contribution is -0.383. The number of nitro groups is 1. The molecular weight excluding hydrogens is 250 g/mol. The van der Waals surface area contributed by atoms with Gasteiger partial charge in [0.1, 0.15) is 5.69 Å². The number of carbonyl (C=O) groups excluding carboxylic acids is 1. The molecule has 0 aliphatic carbocycles. The van der Waals surface area contributed by atoms with E-state index in [1.54, 1.807) is 12.0 Å². The number of anilines is 1. The maximum atomic E-state index is 12.2. The topological polar surface area (TPSA) is 98.7 Å². The lowest BCUT2D eigenvalue weighted by atomic mass is 10.1. The standard InChI is InChI=1S/C12H17N3O4/c1-3-14(6-7-19-2)12(16)9-4-5-10(13)11(8-9)15(17)18/h4-5,8H,3,6-7,13H2,1-2H3. The lowest BCUT2D eigenvalue weighted by Gasteiger charge is -2.20. The fraction of sp³-hybridized carbons (Fsp3) is 0.417. The molecule has 0 spiro atoms. The third kappa shape index (κ3) is 3.65. The zero-order chi connectivity index (χ0) is 14.4. The summed E-state index contributed by atoms with van der Waals surface area (Å²) in [5.74, 6) is -0.275. The van der Waals surface area contributed by atoms with Crippen molar-refractivity contribution in [1.29, 1.82) is 0 Å². The van der Waals surface area contributed by atoms with E-state index in [0.717, 1.165) is 0 Å². The van der Waals surface area contributed by atoms with E-state index in [4.69, 9.17) is 10.5 Å². The van der Waals surface area contributed by atoms with E-state index in [-0.39, 0.29) is 22.8 Å². The van der Waals surface area contributed by atoms with Crippen LogP contribution in [0.5, 0.6) is 0 Å². The molecule has 0 atom stereocenters. The third-order valence-electron chi connectivity index (χ3n) is 2.71. The van der Waals surface area contributed by atoms with Gasteiger partial charge in [0, 0.05) is 31.8 Å². The average molecular weight is 267 g/mol. The molecule has 0 fully saturated rings. The number of ether oxygens (including phenoxy) is 1. The van der Waals surface area contributed by atoms with Crippen LogP contribution in [0.2, 0.25) is 0 Å². The third-order valence-corrected chi connectivity index (χ3v) is 2.71. The van der Waals surface area contributed by atoms with E-state index in [2.05, 4.69) is 0 Å². The number of amides is 1. The molecule has 0 unspecified atom stereocenters. The van der Waals surface area contributed by atoms with Gasteiger partial charge in [-0.1, -0.05) is 0 Å². The Bertz CT molecular complexity index is 476. The number of carbonyl (C=O) groups is 1. The maximum Gasteiger partial charge on any atom is 0.292 e. The molecule has 1 aromatic carbocycles. The summed E-state index contributed by atoms with van der Waals surface area (Å²) in [5.41, 5.74) is 5.53. The molecule has 0 saturated heterocycles. The maximum absolute atomic E-state index is 12.2. The number of hydrogen-bond donors (Lipinski definition) is 1. The Morgan fingerprint density at radius 2 is 2.21 bits per heavy atom. The minimum absolute atomic E-state index is 0.0430. The summed E-state index contributed by atoms with van der Waals surface area (Å²) >= 11 is 0. The van der Waals surface area contributed by atoms with Gasteiger partial charge in [0.2, 0.25) is 0 Å². The van der Waals surface area contributed by atoms with E-state index in [1.165, 1.54) is 18.2 Å². The van der Waals surface area contributed by atoms with Crippen molar-refractivity contribution in [2.75, 3.05) is 32.5 Å². The normalized spacial score (nSPS) is 10.2. The Balaban J connectivity index is 2.98. The summed E-state index contributed by atoms with van der Waals surface area (Å²) in [4.78, 5) is 23.9. The SMILES string of the molecule is CCN(CCOC)C(=O)c1ccc(N)c([N+](=O)[O-])c1. The molecule has 1 amide bonds. The molecule has 0 aliphatic heterocycles. The van der Waals surface area contributed by atoms with Crippen molar-refractivity contribution in [3.05, 3.63) is 33.9 Å². The number of nitro benzene ring substituents is 1. The largest absolute Gasteiger partial charge is 0.393 e. The Kier molecular flexibility index (Phi) is 5.25. The van der Waals surface area contributed by atoms with Crippen molar-refractivity contribution in [3.8, 4) is 0 Å². The summed E-state index contributed by atoms with van der Waals surface area (Å²) in [6.45, 7) is 3.18. The second-order valence-corrected chi connectivity index (χ2v) is 3.91. The monoisotopic (exact) mass is 267 g/mol. The quantitative estimate of drug-likeness (QED) is 0.475. The number of nitrogens with zero attached hydrogens (tertiary/aromatic N) is 2. The molecule has 1 aromatic rings. The summed E-state index contributed by atoms with van der Waals surface area (Å²) in [7, 11) is 1.55. The van der Waals surface area contributed by atoms with E-state index >= 15 is 0 Å². The highest BCUT2D eigenvalue weighted by atomic mass is 16.6. The van der Waals surface area contributed by atoms with E-state index < -0.39 is 4.92 Å². The number of likely N-dealkylation sites (N-methyl/N-ethyl adjacent to an activating group) is 1. The van der Waals surface area contributed by atoms with Crippen LogP contribution in [-0.4, -0.2) is 42.5 Å². The van der Waals surface area contributed by atoms with Gasteiger partial charge < -0.3 is 15.4 Å². The van der Waals surface area contributed by atoms with Crippen LogP contribution in [0.15, 0.2) is 18.2 Å². The molecule has 104 valence electrons. The predicted molar refractivity (Wildman–Crippen MR) is 71.0 cm³/mol. The van der Waals surface area contributed by atoms with Crippen LogP contribution < -0.4 is 5.73 Å². The van der Waals surface area contributed by atoms with E-state index in [9.17, 15) is 14.9 Å². The van der Waals surface area contributed by atoms with Gasteiger partial charge in [0.15, 0.2) is 0 Å². The van der Waals surface area contributed by atoms with E-state index in [0.29, 0.717) is 19.7 Å². The first kappa shape index (κ1) is 14.9. The minimum Gasteiger partial charge on any atom is -0.393 e. The Morgan fingerprint density at radius 3 is 2.74 bits per heavy atom. The molecule has 0 radical (unpaired) electrons. The Hall–Kier alpha value is -2.15. The summed E-state index contributed by atoms with van der Waals surface area (Å²) < 4.78 is 4.92. The van der Waals surface area contributed by atoms with Crippen LogP contribution in [0, 0.1) is 10.1 Å². The first-order valence-electron chi connectivity index (χ1n) is 5.83. The Labute approximate surface area is 111 Å². The summed E-state index contributed by atoms with van der Waals surface area (Å²) in [5, 5.41) is 10.8. The highest BCUT2D eigenvalue weighted by Crippen LogP contribution is 2.23. The van der Waals surface area contributed by atoms with Crippen molar-refractivity contribution in [3.63, 3.8) is 0 Å². The first-order valence-corrected chi connectivity index (χ1v) is 5.83. The van der Waals surface area contributed by atoms with Gasteiger partial charge in [-0.3, -0.25) is 14.9 Å². The number of methoxy groups -OCH3 is 1. The van der Waals surface area contributed by atoms with Gasteiger partial charge in [-0.15, -0.1) is 0 Å². The average Bonchev–Trinajstić information content (AvgIpc) is 2.39. The smallest absolute Gasteiger partial charge is 0.292 e. The lowest BCUT2D eigenvalue weighted by Crippen LogP contribution is -2.33. The van der Waals surface area contributed by atoms with Gasteiger partial charge in [-0.25, -0.2) is 0 Å². The first-order chi connectivity index (χ1) is 9.01. The molecule has 0 heterocycles. The van der Waals surface area contributed by atoms with Crippen molar-refractivity contribution in [1.82, 2.24) is 4.90 Å². The number of hydrogen-bond acceptors (Lipinski definition) is 5. The van der Waals surface area contributed by atoms with E-state index in [1.807, 2.05) is 6.92 Å². The number of rotatable bonds is 6. The van der Waals surface area contributed by atoms with Crippen LogP contribution in [-0.2, 0) is 4.74 Å². The highest BCUT2D eigenvalue weighted by Gasteiger charge is 2.19. The van der Waals surface area contributed by atoms with Gasteiger partial charge in [-0.2, -0.15) is 0 Å². The van der Waals surface area contributed by atoms with Crippen molar-refractivity contribution < 1.29 is 14.5 Å². The number of benzene rings is 1.